The second-order valence-corrected chi connectivity index (χ2v) is 3.46. The summed E-state index contributed by atoms with van der Waals surface area (Å²) in [6.45, 7) is 1.67. The SMILES string of the molecule is CCC(=O)Oc1cnc(-c2ccc([N+](=O)[O-])o2)nc1. The van der Waals surface area contributed by atoms with E-state index in [1.807, 2.05) is 0 Å². The fourth-order valence-corrected chi connectivity index (χ4v) is 1.25. The van der Waals surface area contributed by atoms with Gasteiger partial charge in [-0.3, -0.25) is 14.9 Å². The molecule has 0 aliphatic rings. The van der Waals surface area contributed by atoms with Crippen LogP contribution in [-0.4, -0.2) is 20.9 Å². The van der Waals surface area contributed by atoms with E-state index in [1.165, 1.54) is 24.5 Å². The lowest BCUT2D eigenvalue weighted by molar-refractivity contribution is -0.401. The van der Waals surface area contributed by atoms with Gasteiger partial charge in [-0.2, -0.15) is 0 Å². The standard InChI is InChI=1S/C11H9N3O5/c1-2-10(15)18-7-5-12-11(13-6-7)8-3-4-9(19-8)14(16)17/h3-6H,2H2,1H3. The average molecular weight is 263 g/mol. The molecule has 0 saturated heterocycles. The summed E-state index contributed by atoms with van der Waals surface area (Å²) in [4.78, 5) is 28.7. The van der Waals surface area contributed by atoms with Crippen molar-refractivity contribution in [3.63, 3.8) is 0 Å². The van der Waals surface area contributed by atoms with Crippen LogP contribution in [-0.2, 0) is 4.79 Å². The highest BCUT2D eigenvalue weighted by Crippen LogP contribution is 2.23. The first-order valence-electron chi connectivity index (χ1n) is 5.37. The lowest BCUT2D eigenvalue weighted by Gasteiger charge is -2.01. The van der Waals surface area contributed by atoms with Gasteiger partial charge in [0.05, 0.1) is 18.5 Å². The monoisotopic (exact) mass is 263 g/mol. The number of ether oxygens (including phenoxy) is 1. The lowest BCUT2D eigenvalue weighted by atomic mass is 10.4. The Balaban J connectivity index is 2.17. The van der Waals surface area contributed by atoms with Gasteiger partial charge in [0.15, 0.2) is 17.3 Å². The molecule has 98 valence electrons. The average Bonchev–Trinajstić information content (AvgIpc) is 2.89. The number of hydrogen-bond donors (Lipinski definition) is 0. The normalized spacial score (nSPS) is 10.2. The highest BCUT2D eigenvalue weighted by atomic mass is 16.6. The number of carbonyl (C=O) groups excluding carboxylic acids is 1. The number of esters is 1. The van der Waals surface area contributed by atoms with Gasteiger partial charge < -0.3 is 9.15 Å². The predicted octanol–water partition coefficient (Wildman–Crippen LogP) is 1.96. The van der Waals surface area contributed by atoms with Gasteiger partial charge in [0, 0.05) is 6.42 Å². The Morgan fingerprint density at radius 1 is 1.42 bits per heavy atom. The van der Waals surface area contributed by atoms with Crippen LogP contribution in [0.25, 0.3) is 11.6 Å². The highest BCUT2D eigenvalue weighted by Gasteiger charge is 2.15. The molecule has 2 heterocycles. The van der Waals surface area contributed by atoms with E-state index < -0.39 is 10.9 Å². The zero-order chi connectivity index (χ0) is 13.8. The molecule has 8 heteroatoms. The largest absolute Gasteiger partial charge is 0.433 e. The maximum absolute atomic E-state index is 11.0. The molecule has 8 nitrogen and oxygen atoms in total. The summed E-state index contributed by atoms with van der Waals surface area (Å²) in [5.74, 6) is -0.244. The maximum atomic E-state index is 11.0. The van der Waals surface area contributed by atoms with Crippen LogP contribution in [0.5, 0.6) is 5.75 Å². The van der Waals surface area contributed by atoms with Gasteiger partial charge >= 0.3 is 11.9 Å². The summed E-state index contributed by atoms with van der Waals surface area (Å²) in [7, 11) is 0. The number of nitrogens with zero attached hydrogens (tertiary/aromatic N) is 3. The van der Waals surface area contributed by atoms with Crippen molar-refractivity contribution in [3.05, 3.63) is 34.6 Å². The zero-order valence-electron chi connectivity index (χ0n) is 9.90. The predicted molar refractivity (Wildman–Crippen MR) is 62.3 cm³/mol. The topological polar surface area (TPSA) is 108 Å². The quantitative estimate of drug-likeness (QED) is 0.471. The number of carbonyl (C=O) groups is 1. The van der Waals surface area contributed by atoms with Crippen molar-refractivity contribution >= 4 is 11.9 Å². The molecular formula is C11H9N3O5. The van der Waals surface area contributed by atoms with Crippen LogP contribution >= 0.6 is 0 Å². The van der Waals surface area contributed by atoms with E-state index >= 15 is 0 Å². The fourth-order valence-electron chi connectivity index (χ4n) is 1.25. The van der Waals surface area contributed by atoms with Crippen LogP contribution in [0.1, 0.15) is 13.3 Å². The minimum Gasteiger partial charge on any atom is -0.423 e. The van der Waals surface area contributed by atoms with Crippen molar-refractivity contribution < 1.29 is 18.9 Å². The molecule has 0 amide bonds. The van der Waals surface area contributed by atoms with E-state index in [9.17, 15) is 14.9 Å². The van der Waals surface area contributed by atoms with Gasteiger partial charge in [-0.05, 0) is 6.07 Å². The van der Waals surface area contributed by atoms with Gasteiger partial charge in [-0.1, -0.05) is 6.92 Å². The van der Waals surface area contributed by atoms with Crippen LogP contribution in [0.3, 0.4) is 0 Å². The first-order valence-corrected chi connectivity index (χ1v) is 5.37. The Kier molecular flexibility index (Phi) is 3.51. The summed E-state index contributed by atoms with van der Waals surface area (Å²) in [5.41, 5.74) is 0. The van der Waals surface area contributed by atoms with Crippen molar-refractivity contribution in [2.24, 2.45) is 0 Å². The third kappa shape index (κ3) is 2.92. The van der Waals surface area contributed by atoms with E-state index in [4.69, 9.17) is 9.15 Å². The van der Waals surface area contributed by atoms with E-state index in [-0.39, 0.29) is 29.6 Å². The molecule has 19 heavy (non-hydrogen) atoms. The third-order valence-corrected chi connectivity index (χ3v) is 2.14. The van der Waals surface area contributed by atoms with Crippen molar-refractivity contribution in [3.8, 4) is 17.3 Å². The molecule has 0 atom stereocenters. The summed E-state index contributed by atoms with van der Waals surface area (Å²) >= 11 is 0. The molecule has 0 N–H and O–H groups in total. The molecule has 0 radical (unpaired) electrons. The molecule has 0 bridgehead atoms. The Hall–Kier alpha value is -2.77. The number of rotatable bonds is 4. The highest BCUT2D eigenvalue weighted by molar-refractivity contribution is 5.71. The van der Waals surface area contributed by atoms with Gasteiger partial charge in [0.1, 0.15) is 4.92 Å². The fraction of sp³-hybridized carbons (Fsp3) is 0.182. The van der Waals surface area contributed by atoms with E-state index in [2.05, 4.69) is 9.97 Å². The van der Waals surface area contributed by atoms with Crippen LogP contribution in [0.2, 0.25) is 0 Å². The zero-order valence-corrected chi connectivity index (χ0v) is 9.90. The summed E-state index contributed by atoms with van der Waals surface area (Å²) in [6.07, 6.45) is 2.83. The molecule has 0 unspecified atom stereocenters. The molecule has 0 aliphatic carbocycles. The number of hydrogen-bond acceptors (Lipinski definition) is 7. The second kappa shape index (κ2) is 5.25. The van der Waals surface area contributed by atoms with E-state index in [1.54, 1.807) is 6.92 Å². The Morgan fingerprint density at radius 3 is 2.63 bits per heavy atom. The first-order chi connectivity index (χ1) is 9.10. The first kappa shape index (κ1) is 12.7. The van der Waals surface area contributed by atoms with Crippen LogP contribution in [0.4, 0.5) is 5.88 Å². The molecular weight excluding hydrogens is 254 g/mol. The molecule has 0 aliphatic heterocycles. The summed E-state index contributed by atoms with van der Waals surface area (Å²) in [6, 6.07) is 2.61. The van der Waals surface area contributed by atoms with E-state index in [0.29, 0.717) is 0 Å². The van der Waals surface area contributed by atoms with Gasteiger partial charge in [-0.15, -0.1) is 0 Å². The second-order valence-electron chi connectivity index (χ2n) is 3.46. The van der Waals surface area contributed by atoms with Crippen LogP contribution in [0.15, 0.2) is 28.9 Å². The molecule has 2 aromatic rings. The summed E-state index contributed by atoms with van der Waals surface area (Å²) in [5, 5.41) is 10.5. The van der Waals surface area contributed by atoms with Crippen LogP contribution in [0, 0.1) is 10.1 Å². The van der Waals surface area contributed by atoms with Crippen LogP contribution < -0.4 is 4.74 Å². The lowest BCUT2D eigenvalue weighted by Crippen LogP contribution is -2.06. The Morgan fingerprint density at radius 2 is 2.11 bits per heavy atom. The molecule has 2 aromatic heterocycles. The van der Waals surface area contributed by atoms with Crippen molar-refractivity contribution in [1.82, 2.24) is 9.97 Å². The van der Waals surface area contributed by atoms with Crippen molar-refractivity contribution in [2.75, 3.05) is 0 Å². The molecule has 0 saturated carbocycles. The van der Waals surface area contributed by atoms with E-state index in [0.717, 1.165) is 0 Å². The van der Waals surface area contributed by atoms with Crippen molar-refractivity contribution in [1.29, 1.82) is 0 Å². The number of aromatic nitrogens is 2. The minimum absolute atomic E-state index is 0.167. The number of nitro groups is 1. The van der Waals surface area contributed by atoms with Gasteiger partial charge in [0.25, 0.3) is 0 Å². The molecule has 0 spiro atoms. The van der Waals surface area contributed by atoms with Crippen molar-refractivity contribution in [2.45, 2.75) is 13.3 Å². The summed E-state index contributed by atoms with van der Waals surface area (Å²) < 4.78 is 9.84. The number of furan rings is 1. The van der Waals surface area contributed by atoms with Gasteiger partial charge in [0.2, 0.25) is 0 Å². The molecule has 0 fully saturated rings. The third-order valence-electron chi connectivity index (χ3n) is 2.14. The Bertz CT molecular complexity index is 605. The molecule has 2 rings (SSSR count). The smallest absolute Gasteiger partial charge is 0.423 e. The minimum atomic E-state index is -0.652. The van der Waals surface area contributed by atoms with Gasteiger partial charge in [-0.25, -0.2) is 9.97 Å². The maximum Gasteiger partial charge on any atom is 0.433 e. The Labute approximate surface area is 107 Å². The molecule has 0 aromatic carbocycles.